The van der Waals surface area contributed by atoms with E-state index in [4.69, 9.17) is 16.2 Å². The number of methoxy groups -OCH3 is 1. The molecule has 0 saturated heterocycles. The Balaban J connectivity index is 1.72. The van der Waals surface area contributed by atoms with Crippen LogP contribution in [0.2, 0.25) is 0 Å². The van der Waals surface area contributed by atoms with Gasteiger partial charge >= 0.3 is 6.18 Å². The smallest absolute Gasteiger partial charge is 0.416 e. The molecule has 0 unspecified atom stereocenters. The first-order chi connectivity index (χ1) is 15.2. The fourth-order valence-electron chi connectivity index (χ4n) is 3.22. The molecule has 0 spiro atoms. The molecule has 166 valence electrons. The van der Waals surface area contributed by atoms with E-state index in [-0.39, 0.29) is 17.7 Å². The van der Waals surface area contributed by atoms with Crippen molar-refractivity contribution >= 4 is 23.0 Å². The number of rotatable bonds is 6. The third-order valence-corrected chi connectivity index (χ3v) is 5.00. The lowest BCUT2D eigenvalue weighted by atomic mass is 10.0. The molecule has 1 fully saturated rings. The second-order valence-electron chi connectivity index (χ2n) is 7.39. The maximum absolute atomic E-state index is 12.8. The number of benzene rings is 1. The molecule has 0 bridgehead atoms. The van der Waals surface area contributed by atoms with E-state index in [0.29, 0.717) is 34.1 Å². The molecule has 3 aromatic rings. The zero-order valence-electron chi connectivity index (χ0n) is 17.1. The number of hydrogen-bond donors (Lipinski definition) is 3. The zero-order valence-corrected chi connectivity index (χ0v) is 17.1. The van der Waals surface area contributed by atoms with Gasteiger partial charge < -0.3 is 21.5 Å². The van der Waals surface area contributed by atoms with Gasteiger partial charge in [0.25, 0.3) is 0 Å². The summed E-state index contributed by atoms with van der Waals surface area (Å²) in [6.45, 7) is 0. The van der Waals surface area contributed by atoms with Crippen LogP contribution in [0.1, 0.15) is 29.8 Å². The summed E-state index contributed by atoms with van der Waals surface area (Å²) >= 11 is 0. The first kappa shape index (κ1) is 21.4. The second-order valence-corrected chi connectivity index (χ2v) is 7.39. The fourth-order valence-corrected chi connectivity index (χ4v) is 3.22. The van der Waals surface area contributed by atoms with Crippen LogP contribution in [-0.4, -0.2) is 22.1 Å². The lowest BCUT2D eigenvalue weighted by Crippen LogP contribution is -2.10. The minimum atomic E-state index is -4.41. The van der Waals surface area contributed by atoms with Crippen LogP contribution in [0.15, 0.2) is 54.4 Å². The number of ether oxygens (including phenoxy) is 1. The number of nitrogens with two attached hydrogens (primary N) is 2. The molecule has 2 heterocycles. The van der Waals surface area contributed by atoms with Crippen molar-refractivity contribution in [2.75, 3.05) is 18.2 Å². The Hall–Kier alpha value is -3.82. The van der Waals surface area contributed by atoms with Gasteiger partial charge in [-0.3, -0.25) is 4.98 Å². The predicted octanol–water partition coefficient (Wildman–Crippen LogP) is 4.35. The molecule has 0 amide bonds. The van der Waals surface area contributed by atoms with E-state index in [1.54, 1.807) is 31.5 Å². The maximum Gasteiger partial charge on any atom is 0.416 e. The van der Waals surface area contributed by atoms with E-state index >= 15 is 0 Å². The van der Waals surface area contributed by atoms with Crippen LogP contribution in [-0.2, 0) is 6.18 Å². The molecule has 10 heteroatoms. The van der Waals surface area contributed by atoms with Gasteiger partial charge in [0.2, 0.25) is 5.95 Å². The van der Waals surface area contributed by atoms with E-state index in [9.17, 15) is 13.2 Å². The Morgan fingerprint density at radius 3 is 2.41 bits per heavy atom. The van der Waals surface area contributed by atoms with Gasteiger partial charge in [-0.15, -0.1) is 0 Å². The minimum Gasteiger partial charge on any atom is -0.497 e. The lowest BCUT2D eigenvalue weighted by Gasteiger charge is -2.14. The fraction of sp³-hybridized carbons (Fsp3) is 0.227. The first-order valence-electron chi connectivity index (χ1n) is 9.84. The Morgan fingerprint density at radius 1 is 1.06 bits per heavy atom. The quantitative estimate of drug-likeness (QED) is 0.520. The minimum absolute atomic E-state index is 0.128. The normalized spacial score (nSPS) is 14.6. The Kier molecular flexibility index (Phi) is 5.60. The highest BCUT2D eigenvalue weighted by molar-refractivity contribution is 5.80. The Labute approximate surface area is 182 Å². The molecule has 0 aliphatic heterocycles. The van der Waals surface area contributed by atoms with Crippen LogP contribution in [0.25, 0.3) is 5.57 Å². The standard InChI is InChI=1S/C22H21F3N6O/c1-32-15-8-9-28-16(10-15)19(20(27)12-2-3-12)17-11-18(26)31-21(30-17)29-14-6-4-13(5-7-14)22(23,24)25/h4-12H,2-3,27H2,1H3,(H3,26,29,30,31). The number of nitrogens with one attached hydrogen (secondary N) is 1. The molecular weight excluding hydrogens is 421 g/mol. The van der Waals surface area contributed by atoms with E-state index in [0.717, 1.165) is 25.0 Å². The maximum atomic E-state index is 12.8. The van der Waals surface area contributed by atoms with Crippen LogP contribution < -0.4 is 21.5 Å². The van der Waals surface area contributed by atoms with Crippen LogP contribution in [0.3, 0.4) is 0 Å². The summed E-state index contributed by atoms with van der Waals surface area (Å²) in [5.74, 6) is 1.14. The van der Waals surface area contributed by atoms with Crippen LogP contribution >= 0.6 is 0 Å². The number of nitrogen functional groups attached to an aromatic ring is 1. The number of anilines is 3. The van der Waals surface area contributed by atoms with Crippen molar-refractivity contribution in [2.24, 2.45) is 11.7 Å². The van der Waals surface area contributed by atoms with Crippen molar-refractivity contribution in [2.45, 2.75) is 19.0 Å². The van der Waals surface area contributed by atoms with Crippen molar-refractivity contribution in [3.8, 4) is 5.75 Å². The van der Waals surface area contributed by atoms with E-state index in [2.05, 4.69) is 20.3 Å². The van der Waals surface area contributed by atoms with Gasteiger partial charge in [0.05, 0.1) is 24.1 Å². The average Bonchev–Trinajstić information content (AvgIpc) is 3.59. The number of pyridine rings is 1. The third-order valence-electron chi connectivity index (χ3n) is 5.00. The summed E-state index contributed by atoms with van der Waals surface area (Å²) in [6, 6.07) is 9.62. The molecular formula is C22H21F3N6O. The van der Waals surface area contributed by atoms with Gasteiger partial charge in [0.1, 0.15) is 11.6 Å². The zero-order chi connectivity index (χ0) is 22.9. The molecule has 5 N–H and O–H groups in total. The van der Waals surface area contributed by atoms with Crippen molar-refractivity contribution < 1.29 is 17.9 Å². The average molecular weight is 442 g/mol. The van der Waals surface area contributed by atoms with Gasteiger partial charge in [0.15, 0.2) is 0 Å². The van der Waals surface area contributed by atoms with E-state index < -0.39 is 11.7 Å². The highest BCUT2D eigenvalue weighted by Gasteiger charge is 2.30. The van der Waals surface area contributed by atoms with Gasteiger partial charge in [-0.1, -0.05) is 0 Å². The van der Waals surface area contributed by atoms with Crippen molar-refractivity contribution in [3.63, 3.8) is 0 Å². The number of hydrogen-bond acceptors (Lipinski definition) is 7. The number of nitrogens with zero attached hydrogens (tertiary/aromatic N) is 3. The Morgan fingerprint density at radius 2 is 1.78 bits per heavy atom. The molecule has 4 rings (SSSR count). The van der Waals surface area contributed by atoms with Crippen molar-refractivity contribution in [1.29, 1.82) is 0 Å². The molecule has 1 aromatic carbocycles. The van der Waals surface area contributed by atoms with E-state index in [1.165, 1.54) is 12.1 Å². The van der Waals surface area contributed by atoms with Gasteiger partial charge in [-0.25, -0.2) is 4.98 Å². The summed E-state index contributed by atoms with van der Waals surface area (Å²) in [5.41, 5.74) is 14.4. The lowest BCUT2D eigenvalue weighted by molar-refractivity contribution is -0.137. The summed E-state index contributed by atoms with van der Waals surface area (Å²) in [4.78, 5) is 13.1. The van der Waals surface area contributed by atoms with Crippen LogP contribution in [0.5, 0.6) is 5.75 Å². The summed E-state index contributed by atoms with van der Waals surface area (Å²) in [5, 5.41) is 2.90. The van der Waals surface area contributed by atoms with Gasteiger partial charge in [-0.2, -0.15) is 18.2 Å². The first-order valence-corrected chi connectivity index (χ1v) is 9.84. The topological polar surface area (TPSA) is 112 Å². The highest BCUT2D eigenvalue weighted by atomic mass is 19.4. The number of halogens is 3. The SMILES string of the molecule is COc1ccnc(C(=C(N)C2CC2)c2cc(N)nc(Nc3ccc(C(F)(F)F)cc3)n2)c1. The molecule has 2 aromatic heterocycles. The summed E-state index contributed by atoms with van der Waals surface area (Å²) < 4.78 is 43.7. The van der Waals surface area contributed by atoms with Gasteiger partial charge in [-0.05, 0) is 49.1 Å². The summed E-state index contributed by atoms with van der Waals surface area (Å²) in [6.07, 6.45) is -0.865. The number of aromatic nitrogens is 3. The van der Waals surface area contributed by atoms with Crippen molar-refractivity contribution in [3.05, 3.63) is 71.3 Å². The highest BCUT2D eigenvalue weighted by Crippen LogP contribution is 2.39. The van der Waals surface area contributed by atoms with Crippen LogP contribution in [0.4, 0.5) is 30.6 Å². The van der Waals surface area contributed by atoms with Gasteiger partial charge in [0, 0.05) is 35.3 Å². The number of alkyl halides is 3. The van der Waals surface area contributed by atoms with E-state index in [1.807, 2.05) is 0 Å². The molecule has 1 aliphatic rings. The molecule has 1 aliphatic carbocycles. The number of allylic oxidation sites excluding steroid dienone is 1. The molecule has 32 heavy (non-hydrogen) atoms. The predicted molar refractivity (Wildman–Crippen MR) is 115 cm³/mol. The molecule has 0 radical (unpaired) electrons. The van der Waals surface area contributed by atoms with Crippen LogP contribution in [0, 0.1) is 5.92 Å². The third kappa shape index (κ3) is 4.74. The van der Waals surface area contributed by atoms with Crippen molar-refractivity contribution in [1.82, 2.24) is 15.0 Å². The molecule has 1 saturated carbocycles. The Bertz CT molecular complexity index is 1160. The molecule has 0 atom stereocenters. The monoisotopic (exact) mass is 442 g/mol. The largest absolute Gasteiger partial charge is 0.497 e. The summed E-state index contributed by atoms with van der Waals surface area (Å²) in [7, 11) is 1.56. The molecule has 7 nitrogen and oxygen atoms in total. The second kappa shape index (κ2) is 8.37.